The molecule has 144 valence electrons. The number of hydrogen-bond acceptors (Lipinski definition) is 4. The van der Waals surface area contributed by atoms with Gasteiger partial charge in [-0.1, -0.05) is 18.9 Å². The summed E-state index contributed by atoms with van der Waals surface area (Å²) in [7, 11) is 2.98. The molecule has 0 bridgehead atoms. The lowest BCUT2D eigenvalue weighted by molar-refractivity contribution is -0.144. The minimum atomic E-state index is -2.82. The van der Waals surface area contributed by atoms with Gasteiger partial charge >= 0.3 is 5.97 Å². The SMILES string of the molecule is COc1ccc(C2(C(=O)NC(CC(F)F)C(=O)O)CCCC2)cc1OC. The molecule has 1 aliphatic carbocycles. The molecule has 6 nitrogen and oxygen atoms in total. The van der Waals surface area contributed by atoms with Gasteiger partial charge in [-0.15, -0.1) is 0 Å². The molecule has 1 unspecified atom stereocenters. The minimum absolute atomic E-state index is 0.450. The van der Waals surface area contributed by atoms with Crippen LogP contribution < -0.4 is 14.8 Å². The summed E-state index contributed by atoms with van der Waals surface area (Å²) in [6.07, 6.45) is -1.16. The van der Waals surface area contributed by atoms with Crippen molar-refractivity contribution in [1.29, 1.82) is 0 Å². The van der Waals surface area contributed by atoms with Crippen LogP contribution in [0.4, 0.5) is 8.78 Å². The van der Waals surface area contributed by atoms with Gasteiger partial charge in [0.2, 0.25) is 12.3 Å². The number of ether oxygens (including phenoxy) is 2. The fraction of sp³-hybridized carbons (Fsp3) is 0.556. The molecule has 0 heterocycles. The summed E-state index contributed by atoms with van der Waals surface area (Å²) in [6, 6.07) is 3.47. The Labute approximate surface area is 150 Å². The van der Waals surface area contributed by atoms with E-state index in [0.717, 1.165) is 12.8 Å². The van der Waals surface area contributed by atoms with Gasteiger partial charge in [-0.05, 0) is 30.5 Å². The van der Waals surface area contributed by atoms with Crippen LogP contribution in [-0.2, 0) is 15.0 Å². The van der Waals surface area contributed by atoms with Gasteiger partial charge in [0.05, 0.1) is 19.6 Å². The largest absolute Gasteiger partial charge is 0.493 e. The van der Waals surface area contributed by atoms with Crippen molar-refractivity contribution in [2.45, 2.75) is 50.0 Å². The van der Waals surface area contributed by atoms with Crippen LogP contribution in [0.15, 0.2) is 18.2 Å². The standard InChI is InChI=1S/C18H23F2NO5/c1-25-13-6-5-11(9-14(13)26-2)18(7-3-4-8-18)17(24)21-12(16(22)23)10-15(19)20/h5-6,9,12,15H,3-4,7-8,10H2,1-2H3,(H,21,24)(H,22,23). The van der Waals surface area contributed by atoms with Gasteiger partial charge in [-0.2, -0.15) is 0 Å². The Bertz CT molecular complexity index is 659. The van der Waals surface area contributed by atoms with E-state index in [1.165, 1.54) is 14.2 Å². The van der Waals surface area contributed by atoms with Crippen molar-refractivity contribution in [2.75, 3.05) is 14.2 Å². The van der Waals surface area contributed by atoms with Crippen molar-refractivity contribution >= 4 is 11.9 Å². The summed E-state index contributed by atoms with van der Waals surface area (Å²) in [5.74, 6) is -1.06. The lowest BCUT2D eigenvalue weighted by atomic mass is 9.77. The quantitative estimate of drug-likeness (QED) is 0.734. The average Bonchev–Trinajstić information content (AvgIpc) is 3.11. The molecule has 0 aliphatic heterocycles. The lowest BCUT2D eigenvalue weighted by Crippen LogP contribution is -2.50. The number of nitrogens with one attached hydrogen (secondary N) is 1. The van der Waals surface area contributed by atoms with E-state index in [0.29, 0.717) is 29.9 Å². The predicted molar refractivity (Wildman–Crippen MR) is 89.9 cm³/mol. The zero-order valence-electron chi connectivity index (χ0n) is 14.8. The number of benzene rings is 1. The third-order valence-electron chi connectivity index (χ3n) is 4.85. The molecule has 1 atom stereocenters. The van der Waals surface area contributed by atoms with Gasteiger partial charge in [0.25, 0.3) is 0 Å². The van der Waals surface area contributed by atoms with Gasteiger partial charge in [-0.3, -0.25) is 4.79 Å². The summed E-state index contributed by atoms with van der Waals surface area (Å²) in [5.41, 5.74) is -0.304. The van der Waals surface area contributed by atoms with Crippen LogP contribution in [0.3, 0.4) is 0 Å². The van der Waals surface area contributed by atoms with Crippen LogP contribution in [0.1, 0.15) is 37.7 Å². The molecule has 0 radical (unpaired) electrons. The van der Waals surface area contributed by atoms with Crippen molar-refractivity contribution in [3.63, 3.8) is 0 Å². The highest BCUT2D eigenvalue weighted by Crippen LogP contribution is 2.44. The second-order valence-corrected chi connectivity index (χ2v) is 6.35. The number of carbonyl (C=O) groups excluding carboxylic acids is 1. The van der Waals surface area contributed by atoms with Gasteiger partial charge in [0.1, 0.15) is 6.04 Å². The van der Waals surface area contributed by atoms with Crippen LogP contribution in [0.2, 0.25) is 0 Å². The van der Waals surface area contributed by atoms with Gasteiger partial charge < -0.3 is 19.9 Å². The highest BCUT2D eigenvalue weighted by molar-refractivity contribution is 5.92. The summed E-state index contributed by atoms with van der Waals surface area (Å²) in [6.45, 7) is 0. The number of alkyl halides is 2. The summed E-state index contributed by atoms with van der Waals surface area (Å²) in [4.78, 5) is 24.2. The molecule has 2 N–H and O–H groups in total. The van der Waals surface area contributed by atoms with Crippen LogP contribution in [-0.4, -0.2) is 43.7 Å². The molecule has 1 aliphatic rings. The molecule has 0 spiro atoms. The number of methoxy groups -OCH3 is 2. The third kappa shape index (κ3) is 4.05. The van der Waals surface area contributed by atoms with Gasteiger partial charge in [-0.25, -0.2) is 13.6 Å². The number of rotatable bonds is 8. The molecule has 0 saturated heterocycles. The number of amides is 1. The van der Waals surface area contributed by atoms with Crippen molar-refractivity contribution in [3.8, 4) is 11.5 Å². The first-order valence-corrected chi connectivity index (χ1v) is 8.38. The molecule has 8 heteroatoms. The maximum atomic E-state index is 12.9. The monoisotopic (exact) mass is 371 g/mol. The van der Waals surface area contributed by atoms with Crippen molar-refractivity contribution < 1.29 is 33.0 Å². The number of aliphatic carboxylic acids is 1. The molecular formula is C18H23F2NO5. The first-order chi connectivity index (χ1) is 12.3. The molecular weight excluding hydrogens is 348 g/mol. The summed E-state index contributed by atoms with van der Waals surface area (Å²) in [5, 5.41) is 11.4. The fourth-order valence-electron chi connectivity index (χ4n) is 3.46. The topological polar surface area (TPSA) is 84.9 Å². The molecule has 1 fully saturated rings. The fourth-order valence-corrected chi connectivity index (χ4v) is 3.46. The maximum absolute atomic E-state index is 12.9. The highest BCUT2D eigenvalue weighted by Gasteiger charge is 2.44. The average molecular weight is 371 g/mol. The smallest absolute Gasteiger partial charge is 0.326 e. The number of carboxylic acids is 1. The molecule has 26 heavy (non-hydrogen) atoms. The molecule has 0 aromatic heterocycles. The Balaban J connectivity index is 2.34. The van der Waals surface area contributed by atoms with E-state index < -0.39 is 36.2 Å². The number of hydrogen-bond donors (Lipinski definition) is 2. The predicted octanol–water partition coefficient (Wildman–Crippen LogP) is 2.74. The Kier molecular flexibility index (Phi) is 6.39. The summed E-state index contributed by atoms with van der Waals surface area (Å²) < 4.78 is 35.7. The van der Waals surface area contributed by atoms with Crippen molar-refractivity contribution in [2.24, 2.45) is 0 Å². The normalized spacial score (nSPS) is 17.0. The molecule has 1 saturated carbocycles. The maximum Gasteiger partial charge on any atom is 0.326 e. The van der Waals surface area contributed by atoms with Crippen LogP contribution in [0.5, 0.6) is 11.5 Å². The summed E-state index contributed by atoms with van der Waals surface area (Å²) >= 11 is 0. The highest BCUT2D eigenvalue weighted by atomic mass is 19.3. The third-order valence-corrected chi connectivity index (χ3v) is 4.85. The van der Waals surface area contributed by atoms with E-state index in [1.54, 1.807) is 18.2 Å². The van der Waals surface area contributed by atoms with Gasteiger partial charge in [0.15, 0.2) is 11.5 Å². The second-order valence-electron chi connectivity index (χ2n) is 6.35. The minimum Gasteiger partial charge on any atom is -0.493 e. The Morgan fingerprint density at radius 3 is 2.31 bits per heavy atom. The lowest BCUT2D eigenvalue weighted by Gasteiger charge is -2.30. The number of carboxylic acid groups (broad SMARTS) is 1. The van der Waals surface area contributed by atoms with Crippen molar-refractivity contribution in [3.05, 3.63) is 23.8 Å². The van der Waals surface area contributed by atoms with E-state index in [2.05, 4.69) is 5.32 Å². The van der Waals surface area contributed by atoms with E-state index in [9.17, 15) is 18.4 Å². The Morgan fingerprint density at radius 1 is 1.19 bits per heavy atom. The molecule has 2 rings (SSSR count). The van der Waals surface area contributed by atoms with Crippen molar-refractivity contribution in [1.82, 2.24) is 5.32 Å². The van der Waals surface area contributed by atoms with Gasteiger partial charge in [0, 0.05) is 6.42 Å². The van der Waals surface area contributed by atoms with Crippen LogP contribution >= 0.6 is 0 Å². The second kappa shape index (κ2) is 8.33. The molecule has 1 aromatic carbocycles. The Hall–Kier alpha value is -2.38. The molecule has 1 aromatic rings. The van der Waals surface area contributed by atoms with Crippen LogP contribution in [0.25, 0.3) is 0 Å². The van der Waals surface area contributed by atoms with Crippen LogP contribution in [0, 0.1) is 0 Å². The van der Waals surface area contributed by atoms with E-state index in [4.69, 9.17) is 14.6 Å². The number of carbonyl (C=O) groups is 2. The first kappa shape index (κ1) is 19.9. The van der Waals surface area contributed by atoms with E-state index in [1.807, 2.05) is 0 Å². The number of halogens is 2. The Morgan fingerprint density at radius 2 is 1.81 bits per heavy atom. The van der Waals surface area contributed by atoms with E-state index >= 15 is 0 Å². The molecule has 1 amide bonds. The zero-order chi connectivity index (χ0) is 19.3. The van der Waals surface area contributed by atoms with E-state index in [-0.39, 0.29) is 0 Å². The first-order valence-electron chi connectivity index (χ1n) is 8.38. The zero-order valence-corrected chi connectivity index (χ0v) is 14.8.